The fourth-order valence-corrected chi connectivity index (χ4v) is 2.88. The van der Waals surface area contributed by atoms with Gasteiger partial charge in [0.2, 0.25) is 5.91 Å². The summed E-state index contributed by atoms with van der Waals surface area (Å²) in [5.41, 5.74) is 5.68. The number of amides is 1. The monoisotopic (exact) mass is 306 g/mol. The average molecular weight is 306 g/mol. The van der Waals surface area contributed by atoms with Gasteiger partial charge in [-0.2, -0.15) is 0 Å². The maximum Gasteiger partial charge on any atom is 0.224 e. The molecule has 0 unspecified atom stereocenters. The van der Waals surface area contributed by atoms with Gasteiger partial charge in [0, 0.05) is 29.2 Å². The first kappa shape index (κ1) is 15.3. The lowest BCUT2D eigenvalue weighted by Gasteiger charge is -2.10. The quantitative estimate of drug-likeness (QED) is 0.702. The Morgan fingerprint density at radius 2 is 1.91 bits per heavy atom. The zero-order valence-electron chi connectivity index (χ0n) is 13.6. The van der Waals surface area contributed by atoms with Crippen LogP contribution in [0.15, 0.2) is 48.7 Å². The fourth-order valence-electron chi connectivity index (χ4n) is 2.88. The van der Waals surface area contributed by atoms with E-state index in [4.69, 9.17) is 0 Å². The van der Waals surface area contributed by atoms with Gasteiger partial charge >= 0.3 is 0 Å². The summed E-state index contributed by atoms with van der Waals surface area (Å²) in [7, 11) is 0. The van der Waals surface area contributed by atoms with Gasteiger partial charge in [-0.15, -0.1) is 0 Å². The fraction of sp³-hybridized carbons (Fsp3) is 0.250. The van der Waals surface area contributed by atoms with Gasteiger partial charge in [0.15, 0.2) is 0 Å². The lowest BCUT2D eigenvalue weighted by atomic mass is 10.1. The molecule has 1 amide bonds. The number of aromatic nitrogens is 1. The molecule has 3 rings (SSSR count). The van der Waals surface area contributed by atoms with E-state index in [0.717, 1.165) is 29.6 Å². The van der Waals surface area contributed by atoms with E-state index in [-0.39, 0.29) is 5.91 Å². The normalized spacial score (nSPS) is 10.9. The summed E-state index contributed by atoms with van der Waals surface area (Å²) >= 11 is 0. The van der Waals surface area contributed by atoms with Gasteiger partial charge in [0.1, 0.15) is 0 Å². The first-order chi connectivity index (χ1) is 11.1. The Kier molecular flexibility index (Phi) is 4.47. The Morgan fingerprint density at radius 1 is 1.09 bits per heavy atom. The Morgan fingerprint density at radius 3 is 2.78 bits per heavy atom. The molecule has 0 aliphatic heterocycles. The molecule has 3 nitrogen and oxygen atoms in total. The number of benzene rings is 2. The molecule has 0 bridgehead atoms. The molecule has 0 aliphatic rings. The van der Waals surface area contributed by atoms with E-state index >= 15 is 0 Å². The molecule has 0 saturated carbocycles. The minimum Gasteiger partial charge on any atom is -0.361 e. The van der Waals surface area contributed by atoms with E-state index < -0.39 is 0 Å². The van der Waals surface area contributed by atoms with E-state index in [0.29, 0.717) is 6.42 Å². The highest BCUT2D eigenvalue weighted by Gasteiger charge is 2.07. The van der Waals surface area contributed by atoms with Crippen molar-refractivity contribution in [3.8, 4) is 0 Å². The molecule has 1 aromatic heterocycles. The van der Waals surface area contributed by atoms with E-state index in [1.165, 1.54) is 16.5 Å². The molecule has 2 N–H and O–H groups in total. The summed E-state index contributed by atoms with van der Waals surface area (Å²) in [6.07, 6.45) is 4.34. The number of hydrogen-bond acceptors (Lipinski definition) is 1. The summed E-state index contributed by atoms with van der Waals surface area (Å²) in [5.74, 6) is 0.0820. The van der Waals surface area contributed by atoms with Crippen molar-refractivity contribution in [2.45, 2.75) is 33.1 Å². The molecule has 23 heavy (non-hydrogen) atoms. The zero-order chi connectivity index (χ0) is 16.2. The number of carbonyl (C=O) groups excluding carboxylic acids is 1. The van der Waals surface area contributed by atoms with Gasteiger partial charge in [-0.05, 0) is 55.5 Å². The van der Waals surface area contributed by atoms with Gasteiger partial charge in [0.05, 0.1) is 0 Å². The number of carbonyl (C=O) groups is 1. The van der Waals surface area contributed by atoms with Crippen LogP contribution in [-0.4, -0.2) is 10.9 Å². The second-order valence-corrected chi connectivity index (χ2v) is 6.01. The third-order valence-corrected chi connectivity index (χ3v) is 4.40. The van der Waals surface area contributed by atoms with Crippen LogP contribution >= 0.6 is 0 Å². The van der Waals surface area contributed by atoms with E-state index in [1.54, 1.807) is 0 Å². The molecule has 0 radical (unpaired) electrons. The molecule has 118 valence electrons. The van der Waals surface area contributed by atoms with Crippen molar-refractivity contribution in [1.29, 1.82) is 0 Å². The van der Waals surface area contributed by atoms with Crippen LogP contribution in [-0.2, 0) is 11.2 Å². The number of fused-ring (bicyclic) bond motifs is 1. The summed E-state index contributed by atoms with van der Waals surface area (Å²) < 4.78 is 0. The molecular weight excluding hydrogens is 284 g/mol. The number of H-pyrrole nitrogens is 1. The number of aromatic amines is 1. The summed E-state index contributed by atoms with van der Waals surface area (Å²) in [4.78, 5) is 15.4. The number of nitrogens with one attached hydrogen (secondary N) is 2. The highest BCUT2D eigenvalue weighted by Crippen LogP contribution is 2.20. The predicted molar refractivity (Wildman–Crippen MR) is 95.8 cm³/mol. The van der Waals surface area contributed by atoms with Gasteiger partial charge in [-0.25, -0.2) is 0 Å². The number of rotatable bonds is 5. The topological polar surface area (TPSA) is 44.9 Å². The van der Waals surface area contributed by atoms with Crippen LogP contribution in [0.1, 0.15) is 29.5 Å². The molecule has 0 saturated heterocycles. The van der Waals surface area contributed by atoms with Crippen molar-refractivity contribution >= 4 is 22.5 Å². The molecule has 3 aromatic rings. The van der Waals surface area contributed by atoms with Gasteiger partial charge in [-0.1, -0.05) is 30.3 Å². The van der Waals surface area contributed by atoms with E-state index in [1.807, 2.05) is 37.4 Å². The highest BCUT2D eigenvalue weighted by atomic mass is 16.1. The summed E-state index contributed by atoms with van der Waals surface area (Å²) in [6, 6.07) is 14.3. The highest BCUT2D eigenvalue weighted by molar-refractivity contribution is 5.91. The predicted octanol–water partition coefficient (Wildman–Crippen LogP) is 4.75. The van der Waals surface area contributed by atoms with Crippen molar-refractivity contribution in [2.24, 2.45) is 0 Å². The first-order valence-electron chi connectivity index (χ1n) is 8.06. The third-order valence-electron chi connectivity index (χ3n) is 4.40. The van der Waals surface area contributed by atoms with E-state index in [2.05, 4.69) is 35.4 Å². The number of aryl methyl sites for hydroxylation is 2. The van der Waals surface area contributed by atoms with Gasteiger partial charge < -0.3 is 10.3 Å². The Bertz CT molecular complexity index is 833. The molecule has 0 aliphatic carbocycles. The number of anilines is 1. The van der Waals surface area contributed by atoms with Crippen molar-refractivity contribution in [1.82, 2.24) is 4.98 Å². The average Bonchev–Trinajstić information content (AvgIpc) is 2.95. The van der Waals surface area contributed by atoms with Crippen LogP contribution in [0.2, 0.25) is 0 Å². The minimum atomic E-state index is 0.0820. The van der Waals surface area contributed by atoms with Crippen LogP contribution < -0.4 is 5.32 Å². The standard InChI is InChI=1S/C20H22N2O/c1-14-7-5-11-18(15(14)2)22-20(23)12-6-8-16-13-21-19-10-4-3-9-17(16)19/h3-5,7,9-11,13,21H,6,8,12H2,1-2H3,(H,22,23). The lowest BCUT2D eigenvalue weighted by Crippen LogP contribution is -2.12. The maximum absolute atomic E-state index is 12.1. The Labute approximate surface area is 136 Å². The number of para-hydroxylation sites is 1. The minimum absolute atomic E-state index is 0.0820. The molecule has 0 spiro atoms. The first-order valence-corrected chi connectivity index (χ1v) is 8.06. The van der Waals surface area contributed by atoms with Crippen molar-refractivity contribution in [3.63, 3.8) is 0 Å². The second kappa shape index (κ2) is 6.69. The van der Waals surface area contributed by atoms with Crippen LogP contribution in [0.3, 0.4) is 0 Å². The van der Waals surface area contributed by atoms with E-state index in [9.17, 15) is 4.79 Å². The van der Waals surface area contributed by atoms with Crippen LogP contribution in [0.4, 0.5) is 5.69 Å². The SMILES string of the molecule is Cc1cccc(NC(=O)CCCc2c[nH]c3ccccc23)c1C. The summed E-state index contributed by atoms with van der Waals surface area (Å²) in [6.45, 7) is 4.10. The van der Waals surface area contributed by atoms with Crippen LogP contribution in [0.5, 0.6) is 0 Å². The zero-order valence-corrected chi connectivity index (χ0v) is 13.6. The number of hydrogen-bond donors (Lipinski definition) is 2. The Hall–Kier alpha value is -2.55. The second-order valence-electron chi connectivity index (χ2n) is 6.01. The maximum atomic E-state index is 12.1. The van der Waals surface area contributed by atoms with Crippen molar-refractivity contribution < 1.29 is 4.79 Å². The summed E-state index contributed by atoms with van der Waals surface area (Å²) in [5, 5.41) is 4.27. The van der Waals surface area contributed by atoms with Crippen molar-refractivity contribution in [2.75, 3.05) is 5.32 Å². The smallest absolute Gasteiger partial charge is 0.224 e. The van der Waals surface area contributed by atoms with Gasteiger partial charge in [-0.3, -0.25) is 4.79 Å². The largest absolute Gasteiger partial charge is 0.361 e. The van der Waals surface area contributed by atoms with Gasteiger partial charge in [0.25, 0.3) is 0 Å². The molecule has 2 aromatic carbocycles. The van der Waals surface area contributed by atoms with Crippen LogP contribution in [0.25, 0.3) is 10.9 Å². The molecular formula is C20H22N2O. The molecule has 0 fully saturated rings. The molecule has 1 heterocycles. The van der Waals surface area contributed by atoms with Crippen molar-refractivity contribution in [3.05, 3.63) is 65.4 Å². The molecule has 0 atom stereocenters. The van der Waals surface area contributed by atoms with Crippen LogP contribution in [0, 0.1) is 13.8 Å². The molecule has 3 heteroatoms. The third kappa shape index (κ3) is 3.45. The lowest BCUT2D eigenvalue weighted by molar-refractivity contribution is -0.116. The Balaban J connectivity index is 1.56.